The van der Waals surface area contributed by atoms with Crippen LogP contribution in [-0.2, 0) is 13.1 Å². The van der Waals surface area contributed by atoms with E-state index in [1.165, 1.54) is 38.0 Å². The van der Waals surface area contributed by atoms with Crippen LogP contribution in [0.2, 0.25) is 0 Å². The Hall–Kier alpha value is -0.840. The summed E-state index contributed by atoms with van der Waals surface area (Å²) in [5.41, 5.74) is 1.30. The third-order valence-electron chi connectivity index (χ3n) is 4.25. The fourth-order valence-electron chi connectivity index (χ4n) is 3.00. The quantitative estimate of drug-likeness (QED) is 0.866. The van der Waals surface area contributed by atoms with Crippen molar-refractivity contribution in [3.63, 3.8) is 0 Å². The van der Waals surface area contributed by atoms with Crippen LogP contribution in [0.3, 0.4) is 0 Å². The number of likely N-dealkylation sites (N-methyl/N-ethyl adjacent to an activating group) is 1. The van der Waals surface area contributed by atoms with Crippen molar-refractivity contribution in [1.29, 1.82) is 0 Å². The second kappa shape index (κ2) is 7.81. The van der Waals surface area contributed by atoms with Crippen LogP contribution in [0.1, 0.15) is 38.0 Å². The topological polar surface area (TPSA) is 31.7 Å². The molecule has 2 rings (SSSR count). The first-order valence-corrected chi connectivity index (χ1v) is 7.93. The van der Waals surface area contributed by atoms with Crippen molar-refractivity contribution < 1.29 is 4.42 Å². The number of nitrogens with zero attached hydrogens (tertiary/aromatic N) is 2. The molecule has 0 amide bonds. The van der Waals surface area contributed by atoms with Crippen molar-refractivity contribution in [2.24, 2.45) is 0 Å². The van der Waals surface area contributed by atoms with Gasteiger partial charge < -0.3 is 14.6 Å². The summed E-state index contributed by atoms with van der Waals surface area (Å²) < 4.78 is 5.73. The minimum atomic E-state index is 0.639. The van der Waals surface area contributed by atoms with Crippen LogP contribution in [0, 0.1) is 0 Å². The van der Waals surface area contributed by atoms with Gasteiger partial charge in [0, 0.05) is 31.2 Å². The van der Waals surface area contributed by atoms with Crippen LogP contribution in [0.4, 0.5) is 0 Å². The summed E-state index contributed by atoms with van der Waals surface area (Å²) in [4.78, 5) is 5.05. The molecule has 4 nitrogen and oxygen atoms in total. The molecule has 1 aliphatic rings. The van der Waals surface area contributed by atoms with Crippen LogP contribution in [0.5, 0.6) is 0 Å². The Bertz CT molecular complexity index is 391. The van der Waals surface area contributed by atoms with Gasteiger partial charge >= 0.3 is 0 Å². The lowest BCUT2D eigenvalue weighted by molar-refractivity contribution is 0.163. The van der Waals surface area contributed by atoms with Crippen LogP contribution in [0.25, 0.3) is 0 Å². The molecular weight excluding hydrogens is 250 g/mol. The number of hydrogen-bond donors (Lipinski definition) is 1. The molecule has 1 aromatic rings. The SMILES string of the molecule is CCNCc1ccoc1CN1CCCN(C)CC1CC. The summed E-state index contributed by atoms with van der Waals surface area (Å²) in [6.45, 7) is 10.8. The van der Waals surface area contributed by atoms with E-state index in [0.29, 0.717) is 6.04 Å². The molecule has 1 atom stereocenters. The molecule has 0 spiro atoms. The molecule has 1 fully saturated rings. The molecule has 1 unspecified atom stereocenters. The highest BCUT2D eigenvalue weighted by atomic mass is 16.3. The fourth-order valence-corrected chi connectivity index (χ4v) is 3.00. The summed E-state index contributed by atoms with van der Waals surface area (Å²) in [7, 11) is 2.23. The van der Waals surface area contributed by atoms with E-state index in [4.69, 9.17) is 4.42 Å². The largest absolute Gasteiger partial charge is 0.468 e. The highest BCUT2D eigenvalue weighted by Crippen LogP contribution is 2.19. The number of rotatable bonds is 6. The van der Waals surface area contributed by atoms with Crippen molar-refractivity contribution in [2.75, 3.05) is 33.2 Å². The Kier molecular flexibility index (Phi) is 6.07. The average molecular weight is 279 g/mol. The van der Waals surface area contributed by atoms with Gasteiger partial charge in [-0.15, -0.1) is 0 Å². The van der Waals surface area contributed by atoms with Gasteiger partial charge in [-0.3, -0.25) is 4.90 Å². The molecule has 1 aromatic heterocycles. The Morgan fingerprint density at radius 2 is 2.20 bits per heavy atom. The normalized spacial score (nSPS) is 22.1. The predicted octanol–water partition coefficient (Wildman–Crippen LogP) is 2.31. The first-order valence-electron chi connectivity index (χ1n) is 7.93. The smallest absolute Gasteiger partial charge is 0.122 e. The molecule has 1 N–H and O–H groups in total. The van der Waals surface area contributed by atoms with Crippen LogP contribution in [0.15, 0.2) is 16.7 Å². The highest BCUT2D eigenvalue weighted by molar-refractivity contribution is 5.17. The van der Waals surface area contributed by atoms with E-state index in [1.807, 2.05) is 6.26 Å². The lowest BCUT2D eigenvalue weighted by Crippen LogP contribution is -2.39. The Morgan fingerprint density at radius 3 is 2.95 bits per heavy atom. The summed E-state index contributed by atoms with van der Waals surface area (Å²) in [5.74, 6) is 1.13. The molecule has 0 aromatic carbocycles. The first-order chi connectivity index (χ1) is 9.74. The van der Waals surface area contributed by atoms with Gasteiger partial charge in [0.1, 0.15) is 5.76 Å². The van der Waals surface area contributed by atoms with E-state index >= 15 is 0 Å². The molecule has 0 radical (unpaired) electrons. The van der Waals surface area contributed by atoms with Gasteiger partial charge in [0.15, 0.2) is 0 Å². The maximum atomic E-state index is 5.73. The second-order valence-corrected chi connectivity index (χ2v) is 5.80. The standard InChI is InChI=1S/C16H29N3O/c1-4-15-12-18(3)8-6-9-19(15)13-16-14(7-10-20-16)11-17-5-2/h7,10,15,17H,4-6,8-9,11-13H2,1-3H3. The van der Waals surface area contributed by atoms with E-state index in [2.05, 4.69) is 42.1 Å². The number of furan rings is 1. The van der Waals surface area contributed by atoms with Gasteiger partial charge in [-0.25, -0.2) is 0 Å². The van der Waals surface area contributed by atoms with E-state index in [1.54, 1.807) is 0 Å². The van der Waals surface area contributed by atoms with Gasteiger partial charge in [0.2, 0.25) is 0 Å². The molecular formula is C16H29N3O. The Balaban J connectivity index is 2.01. The summed E-state index contributed by atoms with van der Waals surface area (Å²) in [6, 6.07) is 2.74. The number of hydrogen-bond acceptors (Lipinski definition) is 4. The zero-order chi connectivity index (χ0) is 14.4. The maximum Gasteiger partial charge on any atom is 0.122 e. The summed E-state index contributed by atoms with van der Waals surface area (Å²) in [6.07, 6.45) is 4.27. The molecule has 4 heteroatoms. The van der Waals surface area contributed by atoms with Gasteiger partial charge in [-0.2, -0.15) is 0 Å². The van der Waals surface area contributed by atoms with Gasteiger partial charge in [0.25, 0.3) is 0 Å². The van der Waals surface area contributed by atoms with Gasteiger partial charge in [-0.1, -0.05) is 13.8 Å². The molecule has 0 aliphatic carbocycles. The molecule has 1 aliphatic heterocycles. The summed E-state index contributed by atoms with van der Waals surface area (Å²) >= 11 is 0. The zero-order valence-corrected chi connectivity index (χ0v) is 13.2. The van der Waals surface area contributed by atoms with Crippen LogP contribution in [-0.4, -0.2) is 49.1 Å². The molecule has 2 heterocycles. The third-order valence-corrected chi connectivity index (χ3v) is 4.25. The molecule has 1 saturated heterocycles. The van der Waals surface area contributed by atoms with Crippen molar-refractivity contribution in [2.45, 2.75) is 45.8 Å². The van der Waals surface area contributed by atoms with Crippen LogP contribution < -0.4 is 5.32 Å². The third kappa shape index (κ3) is 4.08. The number of nitrogens with one attached hydrogen (secondary N) is 1. The monoisotopic (exact) mass is 279 g/mol. The molecule has 20 heavy (non-hydrogen) atoms. The summed E-state index contributed by atoms with van der Waals surface area (Å²) in [5, 5.41) is 3.39. The highest BCUT2D eigenvalue weighted by Gasteiger charge is 2.23. The van der Waals surface area contributed by atoms with Crippen molar-refractivity contribution in [3.05, 3.63) is 23.7 Å². The molecule has 0 saturated carbocycles. The van der Waals surface area contributed by atoms with E-state index in [0.717, 1.165) is 25.4 Å². The minimum Gasteiger partial charge on any atom is -0.468 e. The molecule has 114 valence electrons. The average Bonchev–Trinajstić information content (AvgIpc) is 2.80. The van der Waals surface area contributed by atoms with Crippen molar-refractivity contribution in [3.8, 4) is 0 Å². The first kappa shape index (κ1) is 15.5. The zero-order valence-electron chi connectivity index (χ0n) is 13.2. The lowest BCUT2D eigenvalue weighted by Gasteiger charge is -2.29. The Morgan fingerprint density at radius 1 is 1.35 bits per heavy atom. The van der Waals surface area contributed by atoms with E-state index < -0.39 is 0 Å². The van der Waals surface area contributed by atoms with E-state index in [9.17, 15) is 0 Å². The van der Waals surface area contributed by atoms with Crippen molar-refractivity contribution >= 4 is 0 Å². The van der Waals surface area contributed by atoms with Gasteiger partial charge in [0.05, 0.1) is 12.8 Å². The van der Waals surface area contributed by atoms with Crippen molar-refractivity contribution in [1.82, 2.24) is 15.1 Å². The van der Waals surface area contributed by atoms with E-state index in [-0.39, 0.29) is 0 Å². The van der Waals surface area contributed by atoms with Gasteiger partial charge in [-0.05, 0) is 39.0 Å². The Labute approximate surface area is 123 Å². The maximum absolute atomic E-state index is 5.73. The predicted molar refractivity (Wildman–Crippen MR) is 82.7 cm³/mol. The van der Waals surface area contributed by atoms with Crippen LogP contribution >= 0.6 is 0 Å². The fraction of sp³-hybridized carbons (Fsp3) is 0.750. The second-order valence-electron chi connectivity index (χ2n) is 5.80. The minimum absolute atomic E-state index is 0.639. The lowest BCUT2D eigenvalue weighted by atomic mass is 10.1. The molecule has 0 bridgehead atoms.